The maximum atomic E-state index is 13.9. The van der Waals surface area contributed by atoms with Crippen molar-refractivity contribution in [2.75, 3.05) is 27.3 Å². The summed E-state index contributed by atoms with van der Waals surface area (Å²) < 4.78 is 24.1. The van der Waals surface area contributed by atoms with Crippen molar-refractivity contribution in [3.05, 3.63) is 29.6 Å². The topological polar surface area (TPSA) is 50.8 Å². The van der Waals surface area contributed by atoms with Gasteiger partial charge >= 0.3 is 0 Å². The van der Waals surface area contributed by atoms with E-state index in [4.69, 9.17) is 9.47 Å². The summed E-state index contributed by atoms with van der Waals surface area (Å²) >= 11 is 0. The van der Waals surface area contributed by atoms with Gasteiger partial charge in [-0.3, -0.25) is 10.1 Å². The first-order valence-electron chi connectivity index (χ1n) is 6.79. The second-order valence-corrected chi connectivity index (χ2v) is 5.66. The van der Waals surface area contributed by atoms with Crippen molar-refractivity contribution in [3.63, 3.8) is 0 Å². The molecule has 1 amide bonds. The number of carbonyl (C=O) groups is 1. The molecule has 0 radical (unpaired) electrons. The maximum Gasteiger partial charge on any atom is 0.238 e. The summed E-state index contributed by atoms with van der Waals surface area (Å²) in [5.74, 6) is -0.282. The fourth-order valence-electron chi connectivity index (χ4n) is 2.34. The molecule has 0 bridgehead atoms. The van der Waals surface area contributed by atoms with Crippen LogP contribution in [0, 0.1) is 5.82 Å². The molecule has 1 aromatic rings. The van der Waals surface area contributed by atoms with E-state index in [2.05, 4.69) is 5.32 Å². The van der Waals surface area contributed by atoms with Crippen LogP contribution in [0.25, 0.3) is 0 Å². The van der Waals surface area contributed by atoms with Gasteiger partial charge in [-0.25, -0.2) is 4.39 Å². The van der Waals surface area contributed by atoms with Crippen molar-refractivity contribution < 1.29 is 18.7 Å². The van der Waals surface area contributed by atoms with Gasteiger partial charge in [0, 0.05) is 7.11 Å². The van der Waals surface area contributed by atoms with E-state index in [1.807, 2.05) is 13.8 Å². The Morgan fingerprint density at radius 2 is 2.14 bits per heavy atom. The minimum absolute atomic E-state index is 0.0265. The van der Waals surface area contributed by atoms with Crippen LogP contribution < -0.4 is 10.1 Å². The molecular weight excluding hydrogens is 275 g/mol. The number of halogens is 1. The number of hydrogen-bond acceptors (Lipinski definition) is 4. The van der Waals surface area contributed by atoms with Crippen LogP contribution in [0.15, 0.2) is 18.2 Å². The molecule has 1 aliphatic heterocycles. The largest absolute Gasteiger partial charge is 0.494 e. The highest BCUT2D eigenvalue weighted by Gasteiger charge is 2.35. The average molecular weight is 296 g/mol. The second kappa shape index (κ2) is 5.99. The molecule has 5 nitrogen and oxygen atoms in total. The van der Waals surface area contributed by atoms with E-state index in [0.29, 0.717) is 12.1 Å². The number of methoxy groups -OCH3 is 2. The summed E-state index contributed by atoms with van der Waals surface area (Å²) in [6, 6.07) is 4.71. The third-order valence-electron chi connectivity index (χ3n) is 3.67. The molecule has 1 fully saturated rings. The van der Waals surface area contributed by atoms with E-state index in [9.17, 15) is 9.18 Å². The van der Waals surface area contributed by atoms with Crippen LogP contribution >= 0.6 is 0 Å². The molecule has 0 aliphatic carbocycles. The van der Waals surface area contributed by atoms with E-state index >= 15 is 0 Å². The molecule has 1 aliphatic rings. The lowest BCUT2D eigenvalue weighted by Gasteiger charge is -2.32. The third kappa shape index (κ3) is 3.33. The molecule has 0 spiro atoms. The van der Waals surface area contributed by atoms with Crippen molar-refractivity contribution >= 4 is 5.91 Å². The highest BCUT2D eigenvalue weighted by molar-refractivity contribution is 5.81. The first-order valence-corrected chi connectivity index (χ1v) is 6.79. The van der Waals surface area contributed by atoms with Gasteiger partial charge in [0.05, 0.1) is 25.8 Å². The smallest absolute Gasteiger partial charge is 0.238 e. The predicted molar refractivity (Wildman–Crippen MR) is 76.5 cm³/mol. The van der Waals surface area contributed by atoms with Crippen molar-refractivity contribution in [3.8, 4) is 5.75 Å². The van der Waals surface area contributed by atoms with Gasteiger partial charge in [0.25, 0.3) is 0 Å². The highest BCUT2D eigenvalue weighted by Crippen LogP contribution is 2.28. The first-order chi connectivity index (χ1) is 9.88. The van der Waals surface area contributed by atoms with Gasteiger partial charge in [-0.1, -0.05) is 6.07 Å². The SMILES string of the molecule is COc1ccc(C2NCC(=O)N2CC(C)(C)OC)cc1F. The predicted octanol–water partition coefficient (Wildman–Crippen LogP) is 1.69. The Morgan fingerprint density at radius 3 is 2.71 bits per heavy atom. The fraction of sp³-hybridized carbons (Fsp3) is 0.533. The molecule has 116 valence electrons. The first kappa shape index (κ1) is 15.7. The number of amides is 1. The van der Waals surface area contributed by atoms with Gasteiger partial charge in [0.2, 0.25) is 5.91 Å². The summed E-state index contributed by atoms with van der Waals surface area (Å²) in [5, 5.41) is 3.10. The average Bonchev–Trinajstić information content (AvgIpc) is 2.80. The summed E-state index contributed by atoms with van der Waals surface area (Å²) in [6.45, 7) is 4.47. The Bertz CT molecular complexity index is 534. The summed E-state index contributed by atoms with van der Waals surface area (Å²) in [6.07, 6.45) is -0.354. The maximum absolute atomic E-state index is 13.9. The van der Waals surface area contributed by atoms with Gasteiger partial charge in [-0.05, 0) is 31.5 Å². The number of carbonyl (C=O) groups excluding carboxylic acids is 1. The molecule has 1 aromatic carbocycles. The van der Waals surface area contributed by atoms with Crippen LogP contribution in [-0.2, 0) is 9.53 Å². The molecule has 0 saturated carbocycles. The quantitative estimate of drug-likeness (QED) is 0.898. The van der Waals surface area contributed by atoms with Gasteiger partial charge < -0.3 is 14.4 Å². The lowest BCUT2D eigenvalue weighted by molar-refractivity contribution is -0.131. The van der Waals surface area contributed by atoms with Gasteiger partial charge in [-0.15, -0.1) is 0 Å². The molecule has 1 saturated heterocycles. The molecule has 1 N–H and O–H groups in total. The van der Waals surface area contributed by atoms with Crippen molar-refractivity contribution in [1.82, 2.24) is 10.2 Å². The number of hydrogen-bond donors (Lipinski definition) is 1. The van der Waals surface area contributed by atoms with Crippen LogP contribution in [0.1, 0.15) is 25.6 Å². The molecule has 1 heterocycles. The Labute approximate surface area is 124 Å². The normalized spacial score (nSPS) is 19.2. The number of nitrogens with one attached hydrogen (secondary N) is 1. The van der Waals surface area contributed by atoms with Gasteiger partial charge in [0.15, 0.2) is 11.6 Å². The van der Waals surface area contributed by atoms with Crippen molar-refractivity contribution in [2.24, 2.45) is 0 Å². The Balaban J connectivity index is 2.25. The monoisotopic (exact) mass is 296 g/mol. The fourth-order valence-corrected chi connectivity index (χ4v) is 2.34. The minimum Gasteiger partial charge on any atom is -0.494 e. The molecule has 21 heavy (non-hydrogen) atoms. The van der Waals surface area contributed by atoms with Crippen LogP contribution in [-0.4, -0.2) is 43.7 Å². The van der Waals surface area contributed by atoms with Gasteiger partial charge in [0.1, 0.15) is 6.17 Å². The molecule has 6 heteroatoms. The van der Waals surface area contributed by atoms with E-state index in [1.54, 1.807) is 24.1 Å². The lowest BCUT2D eigenvalue weighted by atomic mass is 10.1. The minimum atomic E-state index is -0.467. The van der Waals surface area contributed by atoms with Crippen LogP contribution in [0.3, 0.4) is 0 Å². The van der Waals surface area contributed by atoms with E-state index in [1.165, 1.54) is 13.2 Å². The molecule has 1 unspecified atom stereocenters. The summed E-state index contributed by atoms with van der Waals surface area (Å²) in [5.41, 5.74) is 0.219. The van der Waals surface area contributed by atoms with Crippen LogP contribution in [0.4, 0.5) is 4.39 Å². The zero-order valence-corrected chi connectivity index (χ0v) is 12.8. The number of benzene rings is 1. The Hall–Kier alpha value is -1.66. The van der Waals surface area contributed by atoms with Gasteiger partial charge in [-0.2, -0.15) is 0 Å². The molecule has 0 aromatic heterocycles. The third-order valence-corrected chi connectivity index (χ3v) is 3.67. The van der Waals surface area contributed by atoms with Crippen molar-refractivity contribution in [2.45, 2.75) is 25.6 Å². The summed E-state index contributed by atoms with van der Waals surface area (Å²) in [4.78, 5) is 13.7. The van der Waals surface area contributed by atoms with E-state index in [-0.39, 0.29) is 24.4 Å². The Morgan fingerprint density at radius 1 is 1.43 bits per heavy atom. The standard InChI is InChI=1S/C15H21FN2O3/c1-15(2,21-4)9-18-13(19)8-17-14(18)10-5-6-12(20-3)11(16)7-10/h5-7,14,17H,8-9H2,1-4H3. The van der Waals surface area contributed by atoms with E-state index < -0.39 is 11.4 Å². The molecule has 2 rings (SSSR count). The summed E-state index contributed by atoms with van der Waals surface area (Å²) in [7, 11) is 3.03. The molecule has 1 atom stereocenters. The lowest BCUT2D eigenvalue weighted by Crippen LogP contribution is -2.42. The van der Waals surface area contributed by atoms with E-state index in [0.717, 1.165) is 0 Å². The number of rotatable bonds is 5. The molecular formula is C15H21FN2O3. The zero-order chi connectivity index (χ0) is 15.6. The number of nitrogens with zero attached hydrogens (tertiary/aromatic N) is 1. The Kier molecular flexibility index (Phi) is 4.49. The van der Waals surface area contributed by atoms with Crippen LogP contribution in [0.2, 0.25) is 0 Å². The number of ether oxygens (including phenoxy) is 2. The van der Waals surface area contributed by atoms with Crippen molar-refractivity contribution in [1.29, 1.82) is 0 Å². The zero-order valence-electron chi connectivity index (χ0n) is 12.8. The van der Waals surface area contributed by atoms with Crippen LogP contribution in [0.5, 0.6) is 5.75 Å². The highest BCUT2D eigenvalue weighted by atomic mass is 19.1. The second-order valence-electron chi connectivity index (χ2n) is 5.66.